The fraction of sp³-hybridized carbons (Fsp3) is 0.435. The van der Waals surface area contributed by atoms with Crippen LogP contribution >= 0.6 is 11.3 Å². The molecule has 2 aliphatic rings. The number of aliphatic carboxylic acids is 1. The van der Waals surface area contributed by atoms with Crippen molar-refractivity contribution in [1.29, 1.82) is 0 Å². The summed E-state index contributed by atoms with van der Waals surface area (Å²) in [6, 6.07) is 7.07. The van der Waals surface area contributed by atoms with Gasteiger partial charge in [-0.25, -0.2) is 0 Å². The van der Waals surface area contributed by atoms with Crippen LogP contribution in [0.5, 0.6) is 0 Å². The summed E-state index contributed by atoms with van der Waals surface area (Å²) in [4.78, 5) is 52.3. The summed E-state index contributed by atoms with van der Waals surface area (Å²) in [7, 11) is 0. The topological polar surface area (TPSA) is 133 Å². The Kier molecular flexibility index (Phi) is 7.11. The molecule has 2 fully saturated rings. The number of nitro benzene ring substituents is 1. The monoisotopic (exact) mass is 486 g/mol. The van der Waals surface area contributed by atoms with Crippen molar-refractivity contribution in [2.24, 2.45) is 5.92 Å². The average Bonchev–Trinajstić information content (AvgIpc) is 3.57. The Balaban J connectivity index is 1.50. The maximum absolute atomic E-state index is 12.9. The van der Waals surface area contributed by atoms with E-state index >= 15 is 0 Å². The maximum Gasteiger partial charge on any atom is 0.305 e. The zero-order chi connectivity index (χ0) is 24.2. The number of nitrogens with one attached hydrogen (secondary N) is 1. The molecule has 1 aliphatic carbocycles. The Morgan fingerprint density at radius 2 is 1.97 bits per heavy atom. The van der Waals surface area contributed by atoms with Crippen molar-refractivity contribution in [1.82, 2.24) is 10.2 Å². The molecular formula is C23H26N4O6S. The second-order valence-corrected chi connectivity index (χ2v) is 9.52. The quantitative estimate of drug-likeness (QED) is 0.433. The van der Waals surface area contributed by atoms with Crippen LogP contribution in [-0.2, 0) is 9.59 Å². The minimum absolute atomic E-state index is 0.0859. The first-order chi connectivity index (χ1) is 16.3. The summed E-state index contributed by atoms with van der Waals surface area (Å²) in [6.45, 7) is 2.18. The molecule has 0 bridgehead atoms. The van der Waals surface area contributed by atoms with E-state index in [-0.39, 0.29) is 29.5 Å². The lowest BCUT2D eigenvalue weighted by Gasteiger charge is -2.24. The van der Waals surface area contributed by atoms with Crippen LogP contribution in [0.2, 0.25) is 0 Å². The molecule has 2 heterocycles. The molecular weight excluding hydrogens is 460 g/mol. The van der Waals surface area contributed by atoms with Gasteiger partial charge in [-0.05, 0) is 42.8 Å². The molecule has 1 saturated heterocycles. The van der Waals surface area contributed by atoms with Crippen LogP contribution in [0.3, 0.4) is 0 Å². The summed E-state index contributed by atoms with van der Waals surface area (Å²) >= 11 is 1.33. The number of nitrogens with zero attached hydrogens (tertiary/aromatic N) is 3. The molecule has 1 saturated carbocycles. The summed E-state index contributed by atoms with van der Waals surface area (Å²) in [5, 5.41) is 25.5. The third-order valence-corrected chi connectivity index (χ3v) is 7.07. The molecule has 1 aromatic carbocycles. The highest BCUT2D eigenvalue weighted by atomic mass is 32.1. The number of carboxylic acid groups (broad SMARTS) is 1. The zero-order valence-corrected chi connectivity index (χ0v) is 19.3. The standard InChI is InChI=1S/C23H26N4O6S/c28-21(29)14-17(20-3-1-12-34-20)24-22(30)16-6-7-18(19(13-16)27(32)33)25-8-2-9-26(11-10-25)23(31)15-4-5-15/h1,3,6-7,12-13,15,17H,2,4-5,8-11,14H2,(H,24,30)(H,28,29). The lowest BCUT2D eigenvalue weighted by molar-refractivity contribution is -0.384. The second-order valence-electron chi connectivity index (χ2n) is 8.54. The van der Waals surface area contributed by atoms with E-state index in [4.69, 9.17) is 0 Å². The third kappa shape index (κ3) is 5.53. The van der Waals surface area contributed by atoms with Gasteiger partial charge in [0.2, 0.25) is 5.91 Å². The minimum Gasteiger partial charge on any atom is -0.481 e. The molecule has 34 heavy (non-hydrogen) atoms. The van der Waals surface area contributed by atoms with Crippen molar-refractivity contribution >= 4 is 40.5 Å². The van der Waals surface area contributed by atoms with E-state index in [1.807, 2.05) is 9.80 Å². The zero-order valence-electron chi connectivity index (χ0n) is 18.5. The van der Waals surface area contributed by atoms with Crippen molar-refractivity contribution in [3.05, 3.63) is 56.3 Å². The van der Waals surface area contributed by atoms with Crippen molar-refractivity contribution < 1.29 is 24.4 Å². The van der Waals surface area contributed by atoms with Crippen molar-refractivity contribution in [3.63, 3.8) is 0 Å². The van der Waals surface area contributed by atoms with E-state index in [9.17, 15) is 29.6 Å². The van der Waals surface area contributed by atoms with Gasteiger partial charge >= 0.3 is 5.97 Å². The van der Waals surface area contributed by atoms with Gasteiger partial charge in [-0.1, -0.05) is 6.07 Å². The van der Waals surface area contributed by atoms with Crippen LogP contribution in [-0.4, -0.2) is 58.9 Å². The number of benzene rings is 1. The fourth-order valence-electron chi connectivity index (χ4n) is 4.17. The molecule has 1 atom stereocenters. The predicted octanol–water partition coefficient (Wildman–Crippen LogP) is 3.05. The first-order valence-corrected chi connectivity index (χ1v) is 12.1. The Labute approximate surface area is 200 Å². The van der Waals surface area contributed by atoms with Crippen LogP contribution in [0.15, 0.2) is 35.7 Å². The number of carboxylic acids is 1. The predicted molar refractivity (Wildman–Crippen MR) is 126 cm³/mol. The fourth-order valence-corrected chi connectivity index (χ4v) is 4.95. The summed E-state index contributed by atoms with van der Waals surface area (Å²) in [5.41, 5.74) is 0.297. The molecule has 0 spiro atoms. The van der Waals surface area contributed by atoms with Crippen molar-refractivity contribution in [3.8, 4) is 0 Å². The van der Waals surface area contributed by atoms with E-state index < -0.39 is 22.8 Å². The van der Waals surface area contributed by atoms with Crippen LogP contribution in [0.4, 0.5) is 11.4 Å². The molecule has 1 aliphatic heterocycles. The Morgan fingerprint density at radius 3 is 2.62 bits per heavy atom. The molecule has 1 aromatic heterocycles. The van der Waals surface area contributed by atoms with Crippen LogP contribution in [0.1, 0.15) is 47.0 Å². The van der Waals surface area contributed by atoms with Gasteiger partial charge in [0.15, 0.2) is 0 Å². The molecule has 2 amide bonds. The highest BCUT2D eigenvalue weighted by Gasteiger charge is 2.34. The van der Waals surface area contributed by atoms with E-state index in [0.29, 0.717) is 43.2 Å². The van der Waals surface area contributed by atoms with E-state index in [1.165, 1.54) is 23.5 Å². The van der Waals surface area contributed by atoms with Crippen LogP contribution in [0.25, 0.3) is 0 Å². The normalized spacial score (nSPS) is 17.1. The highest BCUT2D eigenvalue weighted by Crippen LogP contribution is 2.33. The largest absolute Gasteiger partial charge is 0.481 e. The Bertz CT molecular complexity index is 1090. The number of thiophene rings is 1. The molecule has 1 unspecified atom stereocenters. The Hall–Kier alpha value is -3.47. The number of carbonyl (C=O) groups excluding carboxylic acids is 2. The van der Waals surface area contributed by atoms with Crippen LogP contribution < -0.4 is 10.2 Å². The third-order valence-electron chi connectivity index (χ3n) is 6.08. The lowest BCUT2D eigenvalue weighted by Crippen LogP contribution is -2.36. The number of amides is 2. The number of hydrogen-bond acceptors (Lipinski definition) is 7. The first-order valence-electron chi connectivity index (χ1n) is 11.2. The van der Waals surface area contributed by atoms with Gasteiger partial charge in [-0.2, -0.15) is 0 Å². The maximum atomic E-state index is 12.9. The molecule has 0 radical (unpaired) electrons. The van der Waals surface area contributed by atoms with Gasteiger partial charge in [0.25, 0.3) is 11.6 Å². The summed E-state index contributed by atoms with van der Waals surface area (Å²) in [5.74, 6) is -1.33. The smallest absolute Gasteiger partial charge is 0.305 e. The average molecular weight is 487 g/mol. The number of anilines is 1. The summed E-state index contributed by atoms with van der Waals surface area (Å²) in [6.07, 6.45) is 2.29. The van der Waals surface area contributed by atoms with Gasteiger partial charge in [0, 0.05) is 48.6 Å². The molecule has 4 rings (SSSR count). The number of carbonyl (C=O) groups is 3. The molecule has 180 valence electrons. The molecule has 2 N–H and O–H groups in total. The Morgan fingerprint density at radius 1 is 1.18 bits per heavy atom. The van der Waals surface area contributed by atoms with E-state index in [0.717, 1.165) is 12.8 Å². The highest BCUT2D eigenvalue weighted by molar-refractivity contribution is 7.10. The van der Waals surface area contributed by atoms with Crippen LogP contribution in [0, 0.1) is 16.0 Å². The molecule has 2 aromatic rings. The number of rotatable bonds is 8. The first kappa shape index (κ1) is 23.7. The molecule has 11 heteroatoms. The lowest BCUT2D eigenvalue weighted by atomic mass is 10.1. The second kappa shape index (κ2) is 10.2. The summed E-state index contributed by atoms with van der Waals surface area (Å²) < 4.78 is 0. The van der Waals surface area contributed by atoms with Gasteiger partial charge in [0.1, 0.15) is 5.69 Å². The van der Waals surface area contributed by atoms with E-state index in [1.54, 1.807) is 23.6 Å². The van der Waals surface area contributed by atoms with Crippen molar-refractivity contribution in [2.45, 2.75) is 31.7 Å². The van der Waals surface area contributed by atoms with E-state index in [2.05, 4.69) is 5.32 Å². The van der Waals surface area contributed by atoms with Crippen molar-refractivity contribution in [2.75, 3.05) is 31.1 Å². The number of hydrogen-bond donors (Lipinski definition) is 2. The number of nitro groups is 1. The minimum atomic E-state index is -1.06. The van der Waals surface area contributed by atoms with Gasteiger partial charge in [-0.15, -0.1) is 11.3 Å². The molecule has 10 nitrogen and oxygen atoms in total. The van der Waals surface area contributed by atoms with Gasteiger partial charge in [-0.3, -0.25) is 24.5 Å². The SMILES string of the molecule is O=C(O)CC(NC(=O)c1ccc(N2CCCN(C(=O)C3CC3)CC2)c([N+](=O)[O-])c1)c1cccs1. The van der Waals surface area contributed by atoms with Gasteiger partial charge < -0.3 is 20.2 Å². The van der Waals surface area contributed by atoms with Gasteiger partial charge in [0.05, 0.1) is 17.4 Å².